The standard InChI is InChI=1S/C13H17NO3S/c1-17-11-5-7-12(8-6-11)18-13(14(15)16)9-3-2-4-10-13/h5-8H,2-4,9-10H2,1H3. The van der Waals surface area contributed by atoms with Crippen LogP contribution < -0.4 is 4.74 Å². The fraction of sp³-hybridized carbons (Fsp3) is 0.538. The van der Waals surface area contributed by atoms with Crippen LogP contribution in [0.5, 0.6) is 5.75 Å². The predicted octanol–water partition coefficient (Wildman–Crippen LogP) is 3.72. The number of benzene rings is 1. The molecule has 0 amide bonds. The molecule has 0 unspecified atom stereocenters. The zero-order chi connectivity index (χ0) is 13.0. The molecular weight excluding hydrogens is 250 g/mol. The smallest absolute Gasteiger partial charge is 0.271 e. The fourth-order valence-electron chi connectivity index (χ4n) is 2.29. The molecule has 0 aromatic heterocycles. The lowest BCUT2D eigenvalue weighted by Crippen LogP contribution is -2.36. The van der Waals surface area contributed by atoms with Crippen molar-refractivity contribution >= 4 is 11.8 Å². The van der Waals surface area contributed by atoms with Crippen LogP contribution in [-0.4, -0.2) is 16.9 Å². The van der Waals surface area contributed by atoms with Gasteiger partial charge in [0.05, 0.1) is 7.11 Å². The molecule has 1 aromatic rings. The van der Waals surface area contributed by atoms with Gasteiger partial charge >= 0.3 is 0 Å². The molecule has 1 aliphatic rings. The Balaban J connectivity index is 2.15. The second-order valence-electron chi connectivity index (χ2n) is 4.54. The molecule has 0 spiro atoms. The molecule has 4 nitrogen and oxygen atoms in total. The first kappa shape index (κ1) is 13.2. The third-order valence-corrected chi connectivity index (χ3v) is 4.78. The minimum atomic E-state index is -0.827. The van der Waals surface area contributed by atoms with Crippen LogP contribution in [0.3, 0.4) is 0 Å². The minimum absolute atomic E-state index is 0.0962. The molecule has 1 aliphatic carbocycles. The quantitative estimate of drug-likeness (QED) is 0.474. The fourth-order valence-corrected chi connectivity index (χ4v) is 3.57. The Hall–Kier alpha value is -1.23. The minimum Gasteiger partial charge on any atom is -0.497 e. The van der Waals surface area contributed by atoms with Gasteiger partial charge in [-0.3, -0.25) is 10.1 Å². The van der Waals surface area contributed by atoms with Crippen molar-refractivity contribution in [1.29, 1.82) is 0 Å². The number of hydrogen-bond donors (Lipinski definition) is 0. The summed E-state index contributed by atoms with van der Waals surface area (Å²) in [4.78, 5) is 11.4. The predicted molar refractivity (Wildman–Crippen MR) is 71.7 cm³/mol. The van der Waals surface area contributed by atoms with Gasteiger partial charge in [0.1, 0.15) is 5.75 Å². The molecule has 2 rings (SSSR count). The maximum Gasteiger partial charge on any atom is 0.271 e. The molecule has 1 saturated carbocycles. The Morgan fingerprint density at radius 2 is 1.83 bits per heavy atom. The summed E-state index contributed by atoms with van der Waals surface area (Å²) in [6.07, 6.45) is 4.33. The first-order chi connectivity index (χ1) is 8.66. The van der Waals surface area contributed by atoms with E-state index in [9.17, 15) is 10.1 Å². The number of methoxy groups -OCH3 is 1. The van der Waals surface area contributed by atoms with E-state index >= 15 is 0 Å². The summed E-state index contributed by atoms with van der Waals surface area (Å²) in [7, 11) is 1.61. The van der Waals surface area contributed by atoms with E-state index < -0.39 is 4.87 Å². The van der Waals surface area contributed by atoms with Crippen molar-refractivity contribution in [3.63, 3.8) is 0 Å². The summed E-state index contributed by atoms with van der Waals surface area (Å²) in [5.74, 6) is 0.776. The molecule has 0 aliphatic heterocycles. The average Bonchev–Trinajstić information content (AvgIpc) is 2.40. The number of rotatable bonds is 4. The Morgan fingerprint density at radius 1 is 1.22 bits per heavy atom. The molecular formula is C13H17NO3S. The van der Waals surface area contributed by atoms with Gasteiger partial charge in [0, 0.05) is 22.7 Å². The van der Waals surface area contributed by atoms with E-state index in [0.29, 0.717) is 12.8 Å². The van der Waals surface area contributed by atoms with Gasteiger partial charge in [0.15, 0.2) is 0 Å². The summed E-state index contributed by atoms with van der Waals surface area (Å²) < 4.78 is 5.09. The van der Waals surface area contributed by atoms with Gasteiger partial charge in [-0.1, -0.05) is 6.42 Å². The van der Waals surface area contributed by atoms with Crippen LogP contribution in [0.25, 0.3) is 0 Å². The van der Waals surface area contributed by atoms with Crippen LogP contribution in [-0.2, 0) is 0 Å². The van der Waals surface area contributed by atoms with E-state index in [2.05, 4.69) is 0 Å². The van der Waals surface area contributed by atoms with Crippen LogP contribution >= 0.6 is 11.8 Å². The molecule has 0 bridgehead atoms. The summed E-state index contributed by atoms with van der Waals surface area (Å²) in [6.45, 7) is 0. The monoisotopic (exact) mass is 267 g/mol. The number of thioether (sulfide) groups is 1. The third-order valence-electron chi connectivity index (χ3n) is 3.33. The second kappa shape index (κ2) is 5.61. The van der Waals surface area contributed by atoms with Crippen molar-refractivity contribution in [2.75, 3.05) is 7.11 Å². The van der Waals surface area contributed by atoms with Gasteiger partial charge in [0.2, 0.25) is 0 Å². The molecule has 18 heavy (non-hydrogen) atoms. The third kappa shape index (κ3) is 2.77. The van der Waals surface area contributed by atoms with Gasteiger partial charge in [-0.25, -0.2) is 0 Å². The second-order valence-corrected chi connectivity index (χ2v) is 5.98. The SMILES string of the molecule is COc1ccc(SC2([N+](=O)[O-])CCCCC2)cc1. The molecule has 1 fully saturated rings. The maximum absolute atomic E-state index is 11.4. The summed E-state index contributed by atoms with van der Waals surface area (Å²) in [5.41, 5.74) is 0. The van der Waals surface area contributed by atoms with Crippen molar-refractivity contribution < 1.29 is 9.66 Å². The lowest BCUT2D eigenvalue weighted by atomic mass is 9.95. The first-order valence-corrected chi connectivity index (χ1v) is 6.95. The highest BCUT2D eigenvalue weighted by Gasteiger charge is 2.44. The summed E-state index contributed by atoms with van der Waals surface area (Å²) in [6, 6.07) is 7.48. The Morgan fingerprint density at radius 3 is 2.33 bits per heavy atom. The normalized spacial score (nSPS) is 18.3. The Labute approximate surface area is 111 Å². The van der Waals surface area contributed by atoms with E-state index in [1.165, 1.54) is 11.8 Å². The summed E-state index contributed by atoms with van der Waals surface area (Å²) in [5, 5.41) is 11.4. The van der Waals surface area contributed by atoms with Gasteiger partial charge in [-0.05, 0) is 48.9 Å². The lowest BCUT2D eigenvalue weighted by molar-refractivity contribution is -0.542. The molecule has 0 radical (unpaired) electrons. The lowest BCUT2D eigenvalue weighted by Gasteiger charge is -2.28. The molecule has 1 aromatic carbocycles. The highest BCUT2D eigenvalue weighted by molar-refractivity contribution is 8.00. The topological polar surface area (TPSA) is 52.4 Å². The number of nitro groups is 1. The van der Waals surface area contributed by atoms with Gasteiger partial charge in [-0.15, -0.1) is 0 Å². The number of hydrogen-bond acceptors (Lipinski definition) is 4. The number of ether oxygens (including phenoxy) is 1. The highest BCUT2D eigenvalue weighted by atomic mass is 32.2. The molecule has 98 valence electrons. The van der Waals surface area contributed by atoms with E-state index in [1.807, 2.05) is 24.3 Å². The highest BCUT2D eigenvalue weighted by Crippen LogP contribution is 2.44. The van der Waals surface area contributed by atoms with Crippen molar-refractivity contribution in [3.05, 3.63) is 34.4 Å². The van der Waals surface area contributed by atoms with E-state index in [1.54, 1.807) is 7.11 Å². The van der Waals surface area contributed by atoms with Gasteiger partial charge in [0.25, 0.3) is 4.87 Å². The summed E-state index contributed by atoms with van der Waals surface area (Å²) >= 11 is 1.38. The van der Waals surface area contributed by atoms with Crippen molar-refractivity contribution in [2.24, 2.45) is 0 Å². The Bertz CT molecular complexity index is 413. The zero-order valence-electron chi connectivity index (χ0n) is 10.4. The van der Waals surface area contributed by atoms with Crippen LogP contribution in [0.2, 0.25) is 0 Å². The molecule has 0 heterocycles. The van der Waals surface area contributed by atoms with Crippen LogP contribution in [0.4, 0.5) is 0 Å². The first-order valence-electron chi connectivity index (χ1n) is 6.14. The van der Waals surface area contributed by atoms with E-state index in [0.717, 1.165) is 29.9 Å². The van der Waals surface area contributed by atoms with E-state index in [-0.39, 0.29) is 4.92 Å². The largest absolute Gasteiger partial charge is 0.497 e. The zero-order valence-corrected chi connectivity index (χ0v) is 11.2. The van der Waals surface area contributed by atoms with Crippen molar-refractivity contribution in [3.8, 4) is 5.75 Å². The maximum atomic E-state index is 11.4. The van der Waals surface area contributed by atoms with Crippen LogP contribution in [0, 0.1) is 10.1 Å². The molecule has 5 heteroatoms. The van der Waals surface area contributed by atoms with E-state index in [4.69, 9.17) is 4.74 Å². The molecule has 0 saturated heterocycles. The van der Waals surface area contributed by atoms with Gasteiger partial charge < -0.3 is 4.74 Å². The van der Waals surface area contributed by atoms with Gasteiger partial charge in [-0.2, -0.15) is 0 Å². The number of nitrogens with zero attached hydrogens (tertiary/aromatic N) is 1. The molecule has 0 atom stereocenters. The Kier molecular flexibility index (Phi) is 4.11. The molecule has 0 N–H and O–H groups in total. The van der Waals surface area contributed by atoms with Crippen molar-refractivity contribution in [2.45, 2.75) is 41.9 Å². The van der Waals surface area contributed by atoms with Crippen LogP contribution in [0.1, 0.15) is 32.1 Å². The van der Waals surface area contributed by atoms with Crippen molar-refractivity contribution in [1.82, 2.24) is 0 Å². The average molecular weight is 267 g/mol. The van der Waals surface area contributed by atoms with Crippen LogP contribution in [0.15, 0.2) is 29.2 Å².